The lowest BCUT2D eigenvalue weighted by molar-refractivity contribution is -0.116. The summed E-state index contributed by atoms with van der Waals surface area (Å²) in [6.07, 6.45) is 2.95. The first-order chi connectivity index (χ1) is 13.0. The van der Waals surface area contributed by atoms with Gasteiger partial charge in [-0.05, 0) is 56.2 Å². The number of hydrogen-bond acceptors (Lipinski definition) is 3. The molecule has 2 aromatic carbocycles. The number of amides is 1. The molecule has 0 spiro atoms. The Bertz CT molecular complexity index is 997. The zero-order valence-electron chi connectivity index (χ0n) is 15.8. The van der Waals surface area contributed by atoms with Gasteiger partial charge < -0.3 is 5.32 Å². The third-order valence-electron chi connectivity index (χ3n) is 3.53. The van der Waals surface area contributed by atoms with Gasteiger partial charge in [-0.25, -0.2) is 13.1 Å². The molecule has 0 unspecified atom stereocenters. The third kappa shape index (κ3) is 6.63. The molecule has 1 amide bonds. The van der Waals surface area contributed by atoms with Crippen molar-refractivity contribution in [2.75, 3.05) is 0 Å². The molecular formula is C20H22Cl2N2O3S. The number of halogens is 2. The molecule has 0 aliphatic heterocycles. The van der Waals surface area contributed by atoms with Crippen LogP contribution in [-0.2, 0) is 21.4 Å². The van der Waals surface area contributed by atoms with Gasteiger partial charge in [-0.2, -0.15) is 0 Å². The Kier molecular flexibility index (Phi) is 7.28. The second-order valence-corrected chi connectivity index (χ2v) is 9.65. The predicted octanol–water partition coefficient (Wildman–Crippen LogP) is 4.40. The van der Waals surface area contributed by atoms with Crippen LogP contribution in [0.25, 0.3) is 6.08 Å². The van der Waals surface area contributed by atoms with E-state index in [1.807, 2.05) is 0 Å². The van der Waals surface area contributed by atoms with Crippen molar-refractivity contribution in [2.45, 2.75) is 37.8 Å². The lowest BCUT2D eigenvalue weighted by Gasteiger charge is -2.21. The minimum Gasteiger partial charge on any atom is -0.348 e. The van der Waals surface area contributed by atoms with Crippen LogP contribution in [0.1, 0.15) is 31.9 Å². The van der Waals surface area contributed by atoms with Crippen molar-refractivity contribution in [2.24, 2.45) is 0 Å². The molecule has 0 saturated carbocycles. The van der Waals surface area contributed by atoms with Crippen LogP contribution in [0.15, 0.2) is 53.4 Å². The molecular weight excluding hydrogens is 419 g/mol. The molecule has 0 bridgehead atoms. The molecule has 0 radical (unpaired) electrons. The zero-order valence-corrected chi connectivity index (χ0v) is 18.1. The second kappa shape index (κ2) is 9.09. The van der Waals surface area contributed by atoms with Crippen molar-refractivity contribution in [3.63, 3.8) is 0 Å². The predicted molar refractivity (Wildman–Crippen MR) is 114 cm³/mol. The highest BCUT2D eigenvalue weighted by Gasteiger charge is 2.24. The van der Waals surface area contributed by atoms with Crippen LogP contribution < -0.4 is 10.0 Å². The number of hydrogen-bond donors (Lipinski definition) is 2. The van der Waals surface area contributed by atoms with E-state index in [9.17, 15) is 13.2 Å². The van der Waals surface area contributed by atoms with Crippen molar-refractivity contribution in [1.29, 1.82) is 0 Å². The summed E-state index contributed by atoms with van der Waals surface area (Å²) in [4.78, 5) is 12.2. The second-order valence-electron chi connectivity index (χ2n) is 7.19. The normalized spacial score (nSPS) is 12.3. The average Bonchev–Trinajstić information content (AvgIpc) is 2.59. The third-order valence-corrected chi connectivity index (χ3v) is 6.12. The summed E-state index contributed by atoms with van der Waals surface area (Å²) in [7, 11) is -3.71. The number of nitrogens with one attached hydrogen (secondary N) is 2. The van der Waals surface area contributed by atoms with Crippen molar-refractivity contribution >= 4 is 45.2 Å². The van der Waals surface area contributed by atoms with E-state index in [1.54, 1.807) is 63.2 Å². The Hall–Kier alpha value is -1.86. The lowest BCUT2D eigenvalue weighted by Crippen LogP contribution is -2.41. The van der Waals surface area contributed by atoms with Gasteiger partial charge in [0.05, 0.1) is 14.9 Å². The fourth-order valence-electron chi connectivity index (χ4n) is 2.40. The highest BCUT2D eigenvalue weighted by atomic mass is 35.5. The van der Waals surface area contributed by atoms with E-state index >= 15 is 0 Å². The zero-order chi connectivity index (χ0) is 20.9. The molecule has 0 saturated heterocycles. The van der Waals surface area contributed by atoms with Crippen molar-refractivity contribution in [1.82, 2.24) is 10.0 Å². The van der Waals surface area contributed by atoms with Gasteiger partial charge in [0.1, 0.15) is 0 Å². The molecule has 2 aromatic rings. The van der Waals surface area contributed by atoms with E-state index in [0.717, 1.165) is 5.56 Å². The van der Waals surface area contributed by atoms with E-state index in [2.05, 4.69) is 10.0 Å². The van der Waals surface area contributed by atoms with Crippen LogP contribution in [0.2, 0.25) is 10.0 Å². The minimum absolute atomic E-state index is 0.0752. The smallest absolute Gasteiger partial charge is 0.244 e. The molecule has 0 heterocycles. The monoisotopic (exact) mass is 440 g/mol. The van der Waals surface area contributed by atoms with Gasteiger partial charge in [-0.15, -0.1) is 0 Å². The fraction of sp³-hybridized carbons (Fsp3) is 0.250. The summed E-state index contributed by atoms with van der Waals surface area (Å²) in [6.45, 7) is 5.38. The molecule has 0 fully saturated rings. The van der Waals surface area contributed by atoms with Crippen LogP contribution in [0.4, 0.5) is 0 Å². The van der Waals surface area contributed by atoms with E-state index in [-0.39, 0.29) is 17.3 Å². The summed E-state index contributed by atoms with van der Waals surface area (Å²) in [6, 6.07) is 11.6. The molecule has 2 rings (SSSR count). The minimum atomic E-state index is -3.71. The van der Waals surface area contributed by atoms with E-state index in [0.29, 0.717) is 15.6 Å². The molecule has 0 aliphatic rings. The topological polar surface area (TPSA) is 75.3 Å². The van der Waals surface area contributed by atoms with Gasteiger partial charge >= 0.3 is 0 Å². The van der Waals surface area contributed by atoms with Crippen molar-refractivity contribution < 1.29 is 13.2 Å². The molecule has 0 aliphatic carbocycles. The number of benzene rings is 2. The van der Waals surface area contributed by atoms with E-state index in [1.165, 1.54) is 12.1 Å². The summed E-state index contributed by atoms with van der Waals surface area (Å²) >= 11 is 11.8. The highest BCUT2D eigenvalue weighted by molar-refractivity contribution is 7.89. The van der Waals surface area contributed by atoms with Gasteiger partial charge in [-0.1, -0.05) is 47.5 Å². The summed E-state index contributed by atoms with van der Waals surface area (Å²) in [5, 5.41) is 3.53. The molecule has 2 N–H and O–H groups in total. The van der Waals surface area contributed by atoms with Crippen LogP contribution in [0.5, 0.6) is 0 Å². The Labute approximate surface area is 175 Å². The first-order valence-electron chi connectivity index (χ1n) is 8.51. The molecule has 8 heteroatoms. The SMILES string of the molecule is CC(C)(C)NS(=O)(=O)c1ccccc1CNC(=O)/C=C/c1ccc(Cl)c(Cl)c1. The number of carbonyl (C=O) groups is 1. The Morgan fingerprint density at radius 3 is 2.39 bits per heavy atom. The van der Waals surface area contributed by atoms with Crippen molar-refractivity contribution in [3.05, 3.63) is 69.7 Å². The Morgan fingerprint density at radius 1 is 1.07 bits per heavy atom. The summed E-state index contributed by atoms with van der Waals surface area (Å²) < 4.78 is 27.9. The number of sulfonamides is 1. The number of carbonyl (C=O) groups excluding carboxylic acids is 1. The first-order valence-corrected chi connectivity index (χ1v) is 10.7. The molecule has 0 aromatic heterocycles. The van der Waals surface area contributed by atoms with E-state index < -0.39 is 15.6 Å². The molecule has 0 atom stereocenters. The van der Waals surface area contributed by atoms with Crippen LogP contribution >= 0.6 is 23.2 Å². The van der Waals surface area contributed by atoms with E-state index in [4.69, 9.17) is 23.2 Å². The van der Waals surface area contributed by atoms with Gasteiger partial charge in [0.15, 0.2) is 0 Å². The Balaban J connectivity index is 2.09. The molecule has 5 nitrogen and oxygen atoms in total. The summed E-state index contributed by atoms with van der Waals surface area (Å²) in [5.41, 5.74) is 0.607. The van der Waals surface area contributed by atoms with Crippen LogP contribution in [-0.4, -0.2) is 19.9 Å². The largest absolute Gasteiger partial charge is 0.348 e. The van der Waals surface area contributed by atoms with Crippen LogP contribution in [0.3, 0.4) is 0 Å². The van der Waals surface area contributed by atoms with Gasteiger partial charge in [0, 0.05) is 18.2 Å². The Morgan fingerprint density at radius 2 is 1.75 bits per heavy atom. The van der Waals surface area contributed by atoms with Crippen molar-refractivity contribution in [3.8, 4) is 0 Å². The molecule has 28 heavy (non-hydrogen) atoms. The fourth-order valence-corrected chi connectivity index (χ4v) is 4.37. The lowest BCUT2D eigenvalue weighted by atomic mass is 10.1. The summed E-state index contributed by atoms with van der Waals surface area (Å²) in [5.74, 6) is -0.359. The van der Waals surface area contributed by atoms with Crippen LogP contribution in [0, 0.1) is 0 Å². The maximum absolute atomic E-state index is 12.6. The first kappa shape index (κ1) is 22.4. The van der Waals surface area contributed by atoms with Gasteiger partial charge in [0.25, 0.3) is 0 Å². The standard InChI is InChI=1S/C20H22Cl2N2O3S/c1-20(2,3)24-28(26,27)18-7-5-4-6-15(18)13-23-19(25)11-9-14-8-10-16(21)17(22)12-14/h4-12,24H,13H2,1-3H3,(H,23,25)/b11-9+. The quantitative estimate of drug-likeness (QED) is 0.653. The maximum atomic E-state index is 12.6. The van der Waals surface area contributed by atoms with Gasteiger partial charge in [0.2, 0.25) is 15.9 Å². The highest BCUT2D eigenvalue weighted by Crippen LogP contribution is 2.23. The van der Waals surface area contributed by atoms with Gasteiger partial charge in [-0.3, -0.25) is 4.79 Å². The maximum Gasteiger partial charge on any atom is 0.244 e. The average molecular weight is 441 g/mol. The number of rotatable bonds is 6. The molecule has 150 valence electrons.